The third kappa shape index (κ3) is 7.75. The highest BCUT2D eigenvalue weighted by molar-refractivity contribution is 6.30. The van der Waals surface area contributed by atoms with Gasteiger partial charge in [0.15, 0.2) is 0 Å². The van der Waals surface area contributed by atoms with Gasteiger partial charge < -0.3 is 16.0 Å². The minimum Gasteiger partial charge on any atom is -0.366 e. The maximum atomic E-state index is 12.8. The lowest BCUT2D eigenvalue weighted by atomic mass is 9.84. The van der Waals surface area contributed by atoms with Crippen LogP contribution >= 0.6 is 48.8 Å². The fraction of sp³-hybridized carbons (Fsp3) is 0.450. The van der Waals surface area contributed by atoms with Crippen LogP contribution in [-0.2, 0) is 0 Å². The van der Waals surface area contributed by atoms with Crippen LogP contribution in [0, 0.1) is 11.8 Å². The summed E-state index contributed by atoms with van der Waals surface area (Å²) in [5.41, 5.74) is 0.508. The lowest BCUT2D eigenvalue weighted by molar-refractivity contribution is 0.102. The summed E-state index contributed by atoms with van der Waals surface area (Å²) in [5.74, 6) is 1.82. The number of piperidine rings is 1. The molecule has 168 valence electrons. The number of nitrogens with zero attached hydrogens (tertiary/aromatic N) is 2. The van der Waals surface area contributed by atoms with Gasteiger partial charge in [0.25, 0.3) is 5.91 Å². The van der Waals surface area contributed by atoms with Crippen molar-refractivity contribution in [2.45, 2.75) is 32.7 Å². The van der Waals surface area contributed by atoms with Crippen molar-refractivity contribution in [2.24, 2.45) is 11.8 Å². The highest BCUT2D eigenvalue weighted by Gasteiger charge is 2.27. The van der Waals surface area contributed by atoms with Crippen LogP contribution in [0.5, 0.6) is 0 Å². The van der Waals surface area contributed by atoms with E-state index in [2.05, 4.69) is 39.8 Å². The van der Waals surface area contributed by atoms with Gasteiger partial charge in [-0.3, -0.25) is 4.79 Å². The highest BCUT2D eigenvalue weighted by atomic mass is 35.5. The number of hydrogen-bond acceptors (Lipinski definition) is 5. The van der Waals surface area contributed by atoms with E-state index in [4.69, 9.17) is 11.6 Å². The van der Waals surface area contributed by atoms with Crippen LogP contribution in [0.4, 0.5) is 11.6 Å². The van der Waals surface area contributed by atoms with Gasteiger partial charge in [-0.15, -0.1) is 37.2 Å². The van der Waals surface area contributed by atoms with E-state index in [1.165, 1.54) is 6.20 Å². The van der Waals surface area contributed by atoms with Crippen molar-refractivity contribution in [3.8, 4) is 0 Å². The van der Waals surface area contributed by atoms with Gasteiger partial charge in [-0.05, 0) is 62.0 Å². The van der Waals surface area contributed by atoms with Gasteiger partial charge in [0.05, 0.1) is 10.6 Å². The third-order valence-electron chi connectivity index (χ3n) is 4.93. The maximum absolute atomic E-state index is 12.8. The quantitative estimate of drug-likeness (QED) is 0.519. The van der Waals surface area contributed by atoms with Crippen molar-refractivity contribution < 1.29 is 4.79 Å². The number of anilines is 2. The first-order chi connectivity index (χ1) is 13.0. The van der Waals surface area contributed by atoms with Gasteiger partial charge in [-0.1, -0.05) is 25.4 Å². The average Bonchev–Trinajstić information content (AvgIpc) is 2.68. The summed E-state index contributed by atoms with van der Waals surface area (Å²) in [7, 11) is 0. The van der Waals surface area contributed by atoms with E-state index in [1.54, 1.807) is 30.5 Å². The van der Waals surface area contributed by atoms with Crippen LogP contribution in [0.15, 0.2) is 36.7 Å². The monoisotopic (exact) mass is 495 g/mol. The van der Waals surface area contributed by atoms with Crippen LogP contribution in [0.2, 0.25) is 5.02 Å². The van der Waals surface area contributed by atoms with E-state index in [-0.39, 0.29) is 49.2 Å². The molecule has 0 spiro atoms. The molecule has 1 atom stereocenters. The van der Waals surface area contributed by atoms with E-state index in [0.29, 0.717) is 34.1 Å². The largest absolute Gasteiger partial charge is 0.366 e. The summed E-state index contributed by atoms with van der Waals surface area (Å²) in [4.78, 5) is 21.3. The topological polar surface area (TPSA) is 78.9 Å². The molecular weight excluding hydrogens is 468 g/mol. The lowest BCUT2D eigenvalue weighted by Crippen LogP contribution is -2.41. The Hall–Kier alpha value is -1.31. The zero-order valence-electron chi connectivity index (χ0n) is 16.9. The van der Waals surface area contributed by atoms with Crippen LogP contribution in [0.3, 0.4) is 0 Å². The van der Waals surface area contributed by atoms with Gasteiger partial charge >= 0.3 is 0 Å². The summed E-state index contributed by atoms with van der Waals surface area (Å²) < 4.78 is 0. The van der Waals surface area contributed by atoms with E-state index in [1.807, 2.05) is 0 Å². The van der Waals surface area contributed by atoms with Crippen LogP contribution in [0.1, 0.15) is 37.0 Å². The number of amides is 1. The van der Waals surface area contributed by atoms with Crippen molar-refractivity contribution in [3.63, 3.8) is 0 Å². The van der Waals surface area contributed by atoms with Gasteiger partial charge in [0.1, 0.15) is 11.6 Å². The Morgan fingerprint density at radius 2 is 1.83 bits per heavy atom. The third-order valence-corrected chi connectivity index (χ3v) is 5.16. The minimum atomic E-state index is -0.242. The molecule has 6 nitrogen and oxygen atoms in total. The predicted octanol–water partition coefficient (Wildman–Crippen LogP) is 5.08. The Morgan fingerprint density at radius 3 is 2.43 bits per heavy atom. The molecule has 2 aromatic rings. The fourth-order valence-electron chi connectivity index (χ4n) is 3.53. The standard InChI is InChI=1S/C20H26ClN5O.3ClH/c1-13(2)18(14-7-10-22-11-8-14)26-19-16(4-3-9-23-19)20(27)25-17-6-5-15(21)12-24-17;;;/h3-6,9,12-14,18,22H,7-8,10-11H2,1-2H3,(H,23,26)(H,24,25,27);3*1H. The van der Waals surface area contributed by atoms with Crippen molar-refractivity contribution in [1.29, 1.82) is 0 Å². The lowest BCUT2D eigenvalue weighted by Gasteiger charge is -2.34. The first-order valence-electron chi connectivity index (χ1n) is 9.40. The van der Waals surface area contributed by atoms with Crippen molar-refractivity contribution in [3.05, 3.63) is 47.2 Å². The van der Waals surface area contributed by atoms with E-state index >= 15 is 0 Å². The summed E-state index contributed by atoms with van der Waals surface area (Å²) in [5, 5.41) is 10.3. The van der Waals surface area contributed by atoms with E-state index < -0.39 is 0 Å². The van der Waals surface area contributed by atoms with E-state index in [9.17, 15) is 4.79 Å². The molecule has 1 aliphatic heterocycles. The Bertz CT molecular complexity index is 770. The van der Waals surface area contributed by atoms with E-state index in [0.717, 1.165) is 25.9 Å². The normalized spacial score (nSPS) is 14.5. The number of carbonyl (C=O) groups excluding carboxylic acids is 1. The van der Waals surface area contributed by atoms with Crippen molar-refractivity contribution in [2.75, 3.05) is 23.7 Å². The molecule has 1 fully saturated rings. The zero-order valence-corrected chi connectivity index (χ0v) is 20.1. The fourth-order valence-corrected chi connectivity index (χ4v) is 3.64. The summed E-state index contributed by atoms with van der Waals surface area (Å²) in [6.45, 7) is 6.49. The molecule has 0 bridgehead atoms. The first-order valence-corrected chi connectivity index (χ1v) is 9.77. The summed E-state index contributed by atoms with van der Waals surface area (Å²) in [6, 6.07) is 7.18. The molecule has 0 saturated carbocycles. The summed E-state index contributed by atoms with van der Waals surface area (Å²) >= 11 is 5.85. The number of carbonyl (C=O) groups is 1. The molecule has 0 radical (unpaired) electrons. The molecule has 0 aromatic carbocycles. The maximum Gasteiger partial charge on any atom is 0.260 e. The SMILES string of the molecule is CC(C)C(Nc1ncccc1C(=O)Nc1ccc(Cl)cn1)C1CCNCC1.Cl.Cl.Cl. The molecule has 1 aliphatic rings. The molecular formula is C20H29Cl4N5O. The van der Waals surface area contributed by atoms with Gasteiger partial charge in [0, 0.05) is 18.4 Å². The Kier molecular flexibility index (Phi) is 13.3. The smallest absolute Gasteiger partial charge is 0.260 e. The van der Waals surface area contributed by atoms with Crippen LogP contribution < -0.4 is 16.0 Å². The van der Waals surface area contributed by atoms with Gasteiger partial charge in [0.2, 0.25) is 0 Å². The predicted molar refractivity (Wildman–Crippen MR) is 131 cm³/mol. The van der Waals surface area contributed by atoms with Gasteiger partial charge in [-0.2, -0.15) is 0 Å². The Morgan fingerprint density at radius 1 is 1.13 bits per heavy atom. The molecule has 1 saturated heterocycles. The zero-order chi connectivity index (χ0) is 19.2. The van der Waals surface area contributed by atoms with Gasteiger partial charge in [-0.25, -0.2) is 9.97 Å². The van der Waals surface area contributed by atoms with Crippen LogP contribution in [0.25, 0.3) is 0 Å². The number of rotatable bonds is 6. The number of pyridine rings is 2. The number of aromatic nitrogens is 2. The number of hydrogen-bond donors (Lipinski definition) is 3. The van der Waals surface area contributed by atoms with Crippen molar-refractivity contribution in [1.82, 2.24) is 15.3 Å². The Balaban J connectivity index is 0.00000280. The minimum absolute atomic E-state index is 0. The molecule has 3 rings (SSSR count). The molecule has 30 heavy (non-hydrogen) atoms. The molecule has 0 aliphatic carbocycles. The van der Waals surface area contributed by atoms with Crippen LogP contribution in [-0.4, -0.2) is 35.0 Å². The summed E-state index contributed by atoms with van der Waals surface area (Å²) in [6.07, 6.45) is 5.46. The average molecular weight is 497 g/mol. The molecule has 3 N–H and O–H groups in total. The number of nitrogens with one attached hydrogen (secondary N) is 3. The Labute approximate surface area is 201 Å². The second-order valence-electron chi connectivity index (χ2n) is 7.22. The second-order valence-corrected chi connectivity index (χ2v) is 7.65. The highest BCUT2D eigenvalue weighted by Crippen LogP contribution is 2.26. The molecule has 10 heteroatoms. The molecule has 2 aromatic heterocycles. The first kappa shape index (κ1) is 28.7. The molecule has 3 heterocycles. The second kappa shape index (κ2) is 13.9. The molecule has 1 unspecified atom stereocenters. The number of halogens is 4. The van der Waals surface area contributed by atoms with Crippen molar-refractivity contribution >= 4 is 66.4 Å². The molecule has 1 amide bonds.